The highest BCUT2D eigenvalue weighted by Gasteiger charge is 2.20. The molecule has 0 saturated heterocycles. The first-order valence-corrected chi connectivity index (χ1v) is 9.26. The molecule has 0 fully saturated rings. The largest absolute Gasteiger partial charge is 0.497 e. The molecule has 1 N–H and O–H groups in total. The number of aryl methyl sites for hydroxylation is 2. The van der Waals surface area contributed by atoms with Crippen molar-refractivity contribution in [2.24, 2.45) is 0 Å². The second-order valence-electron chi connectivity index (χ2n) is 5.90. The number of hydrogen-bond acceptors (Lipinski definition) is 3. The zero-order valence-corrected chi connectivity index (χ0v) is 14.2. The molecule has 0 heterocycles. The van der Waals surface area contributed by atoms with E-state index in [4.69, 9.17) is 4.74 Å². The van der Waals surface area contributed by atoms with Crippen LogP contribution in [0.2, 0.25) is 0 Å². The van der Waals surface area contributed by atoms with Crippen molar-refractivity contribution in [1.82, 2.24) is 4.72 Å². The Bertz CT molecular complexity index is 798. The minimum atomic E-state index is -3.55. The molecule has 0 radical (unpaired) electrons. The lowest BCUT2D eigenvalue weighted by molar-refractivity contribution is 0.414. The van der Waals surface area contributed by atoms with E-state index in [1.165, 1.54) is 17.5 Å². The molecule has 0 bridgehead atoms. The summed E-state index contributed by atoms with van der Waals surface area (Å²) >= 11 is 0. The van der Waals surface area contributed by atoms with Gasteiger partial charge in [0.1, 0.15) is 5.75 Å². The maximum Gasteiger partial charge on any atom is 0.241 e. The number of sulfonamides is 1. The number of benzene rings is 2. The number of fused-ring (bicyclic) bond motifs is 1. The van der Waals surface area contributed by atoms with Crippen LogP contribution in [0.4, 0.5) is 0 Å². The second-order valence-corrected chi connectivity index (χ2v) is 7.61. The molecular formula is C18H21NO3S. The third-order valence-electron chi connectivity index (χ3n) is 4.32. The molecule has 0 saturated carbocycles. The van der Waals surface area contributed by atoms with Crippen molar-refractivity contribution in [2.75, 3.05) is 7.11 Å². The van der Waals surface area contributed by atoms with Gasteiger partial charge in [0.2, 0.25) is 10.0 Å². The molecule has 3 rings (SSSR count). The van der Waals surface area contributed by atoms with Gasteiger partial charge in [-0.2, -0.15) is 0 Å². The van der Waals surface area contributed by atoms with Crippen LogP contribution in [0.15, 0.2) is 47.4 Å². The lowest BCUT2D eigenvalue weighted by atomic mass is 10.0. The van der Waals surface area contributed by atoms with Crippen LogP contribution in [-0.2, 0) is 22.9 Å². The predicted molar refractivity (Wildman–Crippen MR) is 90.2 cm³/mol. The zero-order valence-electron chi connectivity index (χ0n) is 13.4. The van der Waals surface area contributed by atoms with E-state index in [1.807, 2.05) is 13.0 Å². The molecule has 1 aliphatic carbocycles. The fourth-order valence-electron chi connectivity index (χ4n) is 2.98. The van der Waals surface area contributed by atoms with Crippen LogP contribution in [0.1, 0.15) is 36.1 Å². The molecule has 2 aromatic carbocycles. The van der Waals surface area contributed by atoms with Crippen LogP contribution < -0.4 is 9.46 Å². The van der Waals surface area contributed by atoms with Crippen LogP contribution >= 0.6 is 0 Å². The summed E-state index contributed by atoms with van der Waals surface area (Å²) in [5.41, 5.74) is 3.74. The maximum absolute atomic E-state index is 12.5. The van der Waals surface area contributed by atoms with Gasteiger partial charge in [0.15, 0.2) is 0 Å². The van der Waals surface area contributed by atoms with Crippen molar-refractivity contribution in [2.45, 2.75) is 37.1 Å². The van der Waals surface area contributed by atoms with E-state index >= 15 is 0 Å². The molecule has 23 heavy (non-hydrogen) atoms. The quantitative estimate of drug-likeness (QED) is 0.915. The first-order chi connectivity index (χ1) is 11.0. The Labute approximate surface area is 137 Å². The highest BCUT2D eigenvalue weighted by atomic mass is 32.2. The molecular weight excluding hydrogens is 310 g/mol. The highest BCUT2D eigenvalue weighted by molar-refractivity contribution is 7.89. The number of ether oxygens (including phenoxy) is 1. The standard InChI is InChI=1S/C18H21NO3S/c1-13(15-7-6-14-4-3-5-16(14)12-15)19-23(20,21)18-10-8-17(22-2)9-11-18/h6-13,19H,3-5H2,1-2H3. The monoisotopic (exact) mass is 331 g/mol. The van der Waals surface area contributed by atoms with Crippen LogP contribution in [-0.4, -0.2) is 15.5 Å². The Hall–Kier alpha value is -1.85. The van der Waals surface area contributed by atoms with Crippen molar-refractivity contribution in [3.8, 4) is 5.75 Å². The van der Waals surface area contributed by atoms with E-state index in [0.717, 1.165) is 18.4 Å². The van der Waals surface area contributed by atoms with Crippen molar-refractivity contribution in [3.63, 3.8) is 0 Å². The number of hydrogen-bond donors (Lipinski definition) is 1. The molecule has 1 aliphatic rings. The van der Waals surface area contributed by atoms with Crippen LogP contribution in [0, 0.1) is 0 Å². The average Bonchev–Trinajstić information content (AvgIpc) is 3.02. The van der Waals surface area contributed by atoms with Gasteiger partial charge < -0.3 is 4.74 Å². The lowest BCUT2D eigenvalue weighted by Gasteiger charge is -2.16. The van der Waals surface area contributed by atoms with Gasteiger partial charge in [0, 0.05) is 6.04 Å². The molecule has 0 aliphatic heterocycles. The Kier molecular flexibility index (Phi) is 4.41. The van der Waals surface area contributed by atoms with Crippen molar-refractivity contribution in [3.05, 3.63) is 59.2 Å². The fourth-order valence-corrected chi connectivity index (χ4v) is 4.22. The molecule has 122 valence electrons. The molecule has 1 atom stereocenters. The fraction of sp³-hybridized carbons (Fsp3) is 0.333. The van der Waals surface area contributed by atoms with Crippen LogP contribution in [0.3, 0.4) is 0 Å². The predicted octanol–water partition coefficient (Wildman–Crippen LogP) is 3.22. The van der Waals surface area contributed by atoms with Gasteiger partial charge in [0.25, 0.3) is 0 Å². The highest BCUT2D eigenvalue weighted by Crippen LogP contribution is 2.26. The van der Waals surface area contributed by atoms with Gasteiger partial charge in [-0.3, -0.25) is 0 Å². The van der Waals surface area contributed by atoms with Gasteiger partial charge in [-0.1, -0.05) is 18.2 Å². The summed E-state index contributed by atoms with van der Waals surface area (Å²) in [6, 6.07) is 12.4. The summed E-state index contributed by atoms with van der Waals surface area (Å²) in [7, 11) is -2.00. The Morgan fingerprint density at radius 3 is 2.43 bits per heavy atom. The van der Waals surface area contributed by atoms with Gasteiger partial charge in [-0.15, -0.1) is 0 Å². The third-order valence-corrected chi connectivity index (χ3v) is 5.88. The van der Waals surface area contributed by atoms with Crippen molar-refractivity contribution in [1.29, 1.82) is 0 Å². The Morgan fingerprint density at radius 1 is 1.04 bits per heavy atom. The van der Waals surface area contributed by atoms with Gasteiger partial charge in [-0.25, -0.2) is 13.1 Å². The van der Waals surface area contributed by atoms with E-state index in [1.54, 1.807) is 31.4 Å². The average molecular weight is 331 g/mol. The van der Waals surface area contributed by atoms with Gasteiger partial charge in [0.05, 0.1) is 12.0 Å². The van der Waals surface area contributed by atoms with Crippen molar-refractivity contribution < 1.29 is 13.2 Å². The van der Waals surface area contributed by atoms with E-state index in [-0.39, 0.29) is 10.9 Å². The number of rotatable bonds is 5. The lowest BCUT2D eigenvalue weighted by Crippen LogP contribution is -2.27. The number of nitrogens with one attached hydrogen (secondary N) is 1. The normalized spacial score (nSPS) is 15.2. The third kappa shape index (κ3) is 3.41. The molecule has 2 aromatic rings. The zero-order chi connectivity index (χ0) is 16.4. The number of methoxy groups -OCH3 is 1. The van der Waals surface area contributed by atoms with Gasteiger partial charge >= 0.3 is 0 Å². The molecule has 0 amide bonds. The molecule has 4 nitrogen and oxygen atoms in total. The topological polar surface area (TPSA) is 55.4 Å². The summed E-state index contributed by atoms with van der Waals surface area (Å²) in [5.74, 6) is 0.635. The van der Waals surface area contributed by atoms with Crippen molar-refractivity contribution >= 4 is 10.0 Å². The second kappa shape index (κ2) is 6.34. The van der Waals surface area contributed by atoms with E-state index < -0.39 is 10.0 Å². The van der Waals surface area contributed by atoms with Crippen LogP contribution in [0.25, 0.3) is 0 Å². The Morgan fingerprint density at radius 2 is 1.74 bits per heavy atom. The summed E-state index contributed by atoms with van der Waals surface area (Å²) in [4.78, 5) is 0.242. The van der Waals surface area contributed by atoms with Crippen LogP contribution in [0.5, 0.6) is 5.75 Å². The summed E-state index contributed by atoms with van der Waals surface area (Å²) in [6.45, 7) is 1.87. The first kappa shape index (κ1) is 16.0. The van der Waals surface area contributed by atoms with E-state index in [2.05, 4.69) is 16.9 Å². The molecule has 0 aromatic heterocycles. The van der Waals surface area contributed by atoms with Gasteiger partial charge in [-0.05, 0) is 67.1 Å². The van der Waals surface area contributed by atoms with E-state index in [0.29, 0.717) is 5.75 Å². The summed E-state index contributed by atoms with van der Waals surface area (Å²) < 4.78 is 32.8. The maximum atomic E-state index is 12.5. The molecule has 0 spiro atoms. The smallest absolute Gasteiger partial charge is 0.241 e. The van der Waals surface area contributed by atoms with E-state index in [9.17, 15) is 8.42 Å². The molecule has 5 heteroatoms. The SMILES string of the molecule is COc1ccc(S(=O)(=O)NC(C)c2ccc3c(c2)CCC3)cc1. The Balaban J connectivity index is 1.79. The molecule has 1 unspecified atom stereocenters. The summed E-state index contributed by atoms with van der Waals surface area (Å²) in [5, 5.41) is 0. The minimum absolute atomic E-state index is 0.242. The minimum Gasteiger partial charge on any atom is -0.497 e. The summed E-state index contributed by atoms with van der Waals surface area (Å²) in [6.07, 6.45) is 3.40. The first-order valence-electron chi connectivity index (χ1n) is 7.78.